The Morgan fingerprint density at radius 3 is 2.86 bits per heavy atom. The molecule has 2 N–H and O–H groups in total. The minimum Gasteiger partial charge on any atom is -0.398 e. The van der Waals surface area contributed by atoms with Gasteiger partial charge in [0.05, 0.1) is 10.6 Å². The molecular formula is C9H8N2O2S. The number of nitrogens with two attached hydrogens (primary N) is 1. The second-order valence-electron chi connectivity index (χ2n) is 3.08. The quantitative estimate of drug-likeness (QED) is 0.578. The molecule has 0 aliphatic carbocycles. The monoisotopic (exact) mass is 208 g/mol. The molecule has 0 amide bonds. The molecule has 1 aromatic heterocycles. The highest BCUT2D eigenvalue weighted by atomic mass is 32.1. The number of nitro benzene ring substituents is 1. The fourth-order valence-corrected chi connectivity index (χ4v) is 2.25. The van der Waals surface area contributed by atoms with Crippen LogP contribution in [-0.2, 0) is 0 Å². The van der Waals surface area contributed by atoms with Gasteiger partial charge in [0.1, 0.15) is 0 Å². The molecule has 0 radical (unpaired) electrons. The summed E-state index contributed by atoms with van der Waals surface area (Å²) in [4.78, 5) is 10.3. The SMILES string of the molecule is Cc1cc2c(N)csc2cc1[N+](=O)[O-]. The summed E-state index contributed by atoms with van der Waals surface area (Å²) in [6, 6.07) is 3.34. The lowest BCUT2D eigenvalue weighted by molar-refractivity contribution is -0.385. The van der Waals surface area contributed by atoms with Crippen LogP contribution in [0.3, 0.4) is 0 Å². The number of hydrogen-bond donors (Lipinski definition) is 1. The third-order valence-corrected chi connectivity index (χ3v) is 3.08. The zero-order valence-corrected chi connectivity index (χ0v) is 8.30. The van der Waals surface area contributed by atoms with Gasteiger partial charge in [-0.15, -0.1) is 11.3 Å². The maximum atomic E-state index is 10.7. The molecule has 72 valence electrons. The van der Waals surface area contributed by atoms with E-state index in [0.717, 1.165) is 10.1 Å². The van der Waals surface area contributed by atoms with Gasteiger partial charge in [0.15, 0.2) is 0 Å². The van der Waals surface area contributed by atoms with Crippen molar-refractivity contribution in [3.05, 3.63) is 33.2 Å². The van der Waals surface area contributed by atoms with Crippen molar-refractivity contribution in [2.45, 2.75) is 6.92 Å². The molecule has 0 fully saturated rings. The standard InChI is InChI=1S/C9H8N2O2S/c1-5-2-6-7(10)4-14-9(6)3-8(5)11(12)13/h2-4H,10H2,1H3. The summed E-state index contributed by atoms with van der Waals surface area (Å²) >= 11 is 1.42. The molecule has 0 bridgehead atoms. The molecule has 0 atom stereocenters. The van der Waals surface area contributed by atoms with Gasteiger partial charge in [-0.05, 0) is 13.0 Å². The Morgan fingerprint density at radius 1 is 1.50 bits per heavy atom. The van der Waals surface area contributed by atoms with Gasteiger partial charge in [-0.1, -0.05) is 0 Å². The van der Waals surface area contributed by atoms with Crippen molar-refractivity contribution in [1.29, 1.82) is 0 Å². The molecule has 1 heterocycles. The Labute approximate surface area is 84.1 Å². The molecule has 0 aliphatic rings. The summed E-state index contributed by atoms with van der Waals surface area (Å²) in [7, 11) is 0. The number of rotatable bonds is 1. The van der Waals surface area contributed by atoms with Gasteiger partial charge >= 0.3 is 0 Å². The van der Waals surface area contributed by atoms with Crippen molar-refractivity contribution in [3.63, 3.8) is 0 Å². The van der Waals surface area contributed by atoms with Gasteiger partial charge in [0, 0.05) is 27.1 Å². The largest absolute Gasteiger partial charge is 0.398 e. The van der Waals surface area contributed by atoms with E-state index in [9.17, 15) is 10.1 Å². The molecule has 1 aromatic carbocycles. The van der Waals surface area contributed by atoms with Gasteiger partial charge in [-0.2, -0.15) is 0 Å². The van der Waals surface area contributed by atoms with Crippen molar-refractivity contribution in [2.75, 3.05) is 5.73 Å². The van der Waals surface area contributed by atoms with Crippen LogP contribution in [0.2, 0.25) is 0 Å². The van der Waals surface area contributed by atoms with Crippen LogP contribution in [0.1, 0.15) is 5.56 Å². The highest BCUT2D eigenvalue weighted by molar-refractivity contribution is 7.17. The van der Waals surface area contributed by atoms with E-state index >= 15 is 0 Å². The average molecular weight is 208 g/mol. The summed E-state index contributed by atoms with van der Waals surface area (Å²) in [6.07, 6.45) is 0. The number of nitro groups is 1. The molecule has 4 nitrogen and oxygen atoms in total. The zero-order chi connectivity index (χ0) is 10.3. The first-order valence-electron chi connectivity index (χ1n) is 4.01. The molecule has 0 saturated carbocycles. The number of nitrogens with zero attached hydrogens (tertiary/aromatic N) is 1. The molecule has 0 aliphatic heterocycles. The number of hydrogen-bond acceptors (Lipinski definition) is 4. The van der Waals surface area contributed by atoms with Crippen LogP contribution >= 0.6 is 11.3 Å². The van der Waals surface area contributed by atoms with Crippen LogP contribution < -0.4 is 5.73 Å². The van der Waals surface area contributed by atoms with Gasteiger partial charge < -0.3 is 5.73 Å². The lowest BCUT2D eigenvalue weighted by Crippen LogP contribution is -1.91. The topological polar surface area (TPSA) is 69.2 Å². The maximum absolute atomic E-state index is 10.7. The van der Waals surface area contributed by atoms with E-state index in [1.165, 1.54) is 11.3 Å². The Kier molecular flexibility index (Phi) is 1.89. The van der Waals surface area contributed by atoms with Crippen LogP contribution in [0.4, 0.5) is 11.4 Å². The zero-order valence-electron chi connectivity index (χ0n) is 7.48. The highest BCUT2D eigenvalue weighted by Gasteiger charge is 2.13. The van der Waals surface area contributed by atoms with Crippen molar-refractivity contribution < 1.29 is 4.92 Å². The molecular weight excluding hydrogens is 200 g/mol. The molecule has 5 heteroatoms. The summed E-state index contributed by atoms with van der Waals surface area (Å²) in [5, 5.41) is 13.4. The van der Waals surface area contributed by atoms with Crippen LogP contribution in [0.5, 0.6) is 0 Å². The van der Waals surface area contributed by atoms with E-state index in [-0.39, 0.29) is 10.6 Å². The molecule has 0 unspecified atom stereocenters. The number of anilines is 1. The van der Waals surface area contributed by atoms with Crippen molar-refractivity contribution in [2.24, 2.45) is 0 Å². The third kappa shape index (κ3) is 1.22. The normalized spacial score (nSPS) is 10.6. The predicted octanol–water partition coefficient (Wildman–Crippen LogP) is 2.70. The van der Waals surface area contributed by atoms with Gasteiger partial charge in [-0.3, -0.25) is 10.1 Å². The van der Waals surface area contributed by atoms with Gasteiger partial charge in [-0.25, -0.2) is 0 Å². The molecule has 2 rings (SSSR count). The molecule has 0 spiro atoms. The summed E-state index contributed by atoms with van der Waals surface area (Å²) < 4.78 is 0.861. The van der Waals surface area contributed by atoms with E-state index in [2.05, 4.69) is 0 Å². The van der Waals surface area contributed by atoms with E-state index in [1.807, 2.05) is 0 Å². The number of benzene rings is 1. The smallest absolute Gasteiger partial charge is 0.273 e. The minimum absolute atomic E-state index is 0.152. The highest BCUT2D eigenvalue weighted by Crippen LogP contribution is 2.33. The van der Waals surface area contributed by atoms with E-state index in [4.69, 9.17) is 5.73 Å². The van der Waals surface area contributed by atoms with Crippen molar-refractivity contribution in [1.82, 2.24) is 0 Å². The Balaban J connectivity index is 2.79. The molecule has 2 aromatic rings. The maximum Gasteiger partial charge on any atom is 0.273 e. The second kappa shape index (κ2) is 2.95. The predicted molar refractivity (Wildman–Crippen MR) is 57.6 cm³/mol. The summed E-state index contributed by atoms with van der Waals surface area (Å²) in [5.41, 5.74) is 7.19. The van der Waals surface area contributed by atoms with Crippen LogP contribution in [0.25, 0.3) is 10.1 Å². The van der Waals surface area contributed by atoms with E-state index in [0.29, 0.717) is 11.3 Å². The minimum atomic E-state index is -0.370. The summed E-state index contributed by atoms with van der Waals surface area (Å²) in [5.74, 6) is 0. The van der Waals surface area contributed by atoms with Crippen molar-refractivity contribution in [3.8, 4) is 0 Å². The average Bonchev–Trinajstić information content (AvgIpc) is 2.46. The van der Waals surface area contributed by atoms with E-state index in [1.54, 1.807) is 24.4 Å². The van der Waals surface area contributed by atoms with E-state index < -0.39 is 0 Å². The molecule has 14 heavy (non-hydrogen) atoms. The lowest BCUT2D eigenvalue weighted by Gasteiger charge is -1.97. The fourth-order valence-electron chi connectivity index (χ4n) is 1.39. The first-order valence-corrected chi connectivity index (χ1v) is 4.89. The first-order chi connectivity index (χ1) is 6.59. The van der Waals surface area contributed by atoms with Crippen LogP contribution in [-0.4, -0.2) is 4.92 Å². The number of fused-ring (bicyclic) bond motifs is 1. The second-order valence-corrected chi connectivity index (χ2v) is 3.99. The van der Waals surface area contributed by atoms with Crippen LogP contribution in [0.15, 0.2) is 17.5 Å². The number of thiophene rings is 1. The Bertz CT molecular complexity index is 519. The van der Waals surface area contributed by atoms with Gasteiger partial charge in [0.2, 0.25) is 0 Å². The van der Waals surface area contributed by atoms with Crippen LogP contribution in [0, 0.1) is 17.0 Å². The Hall–Kier alpha value is -1.62. The number of aryl methyl sites for hydroxylation is 1. The Morgan fingerprint density at radius 2 is 2.21 bits per heavy atom. The third-order valence-electron chi connectivity index (χ3n) is 2.12. The first kappa shape index (κ1) is 8.96. The lowest BCUT2D eigenvalue weighted by atomic mass is 10.1. The number of nitrogen functional groups attached to an aromatic ring is 1. The molecule has 0 saturated heterocycles. The fraction of sp³-hybridized carbons (Fsp3) is 0.111. The van der Waals surface area contributed by atoms with Gasteiger partial charge in [0.25, 0.3) is 5.69 Å². The summed E-state index contributed by atoms with van der Waals surface area (Å²) in [6.45, 7) is 1.72. The van der Waals surface area contributed by atoms with Crippen molar-refractivity contribution >= 4 is 32.8 Å².